The van der Waals surface area contributed by atoms with Crippen LogP contribution in [0.15, 0.2) is 24.3 Å². The van der Waals surface area contributed by atoms with E-state index in [4.69, 9.17) is 9.47 Å². The lowest BCUT2D eigenvalue weighted by atomic mass is 9.91. The highest BCUT2D eigenvalue weighted by Gasteiger charge is 2.33. The lowest BCUT2D eigenvalue weighted by Gasteiger charge is -2.36. The van der Waals surface area contributed by atoms with Crippen molar-refractivity contribution in [1.82, 2.24) is 5.32 Å². The standard InChI is InChI=1S/C16H23NO4/c1-2-13-3-5-14(6-4-13)21-11-15(19)17-16(12-18)7-9-20-10-8-16/h3-6,18H,2,7-12H2,1H3,(H,17,19). The molecule has 1 amide bonds. The Balaban J connectivity index is 1.83. The van der Waals surface area contributed by atoms with E-state index in [0.29, 0.717) is 31.8 Å². The third-order valence-corrected chi connectivity index (χ3v) is 3.86. The minimum absolute atomic E-state index is 0.0475. The number of aliphatic hydroxyl groups excluding tert-OH is 1. The molecule has 0 atom stereocenters. The largest absolute Gasteiger partial charge is 0.484 e. The predicted octanol–water partition coefficient (Wildman–Crippen LogP) is 1.29. The van der Waals surface area contributed by atoms with Crippen molar-refractivity contribution in [1.29, 1.82) is 0 Å². The number of rotatable bonds is 6. The van der Waals surface area contributed by atoms with Crippen molar-refractivity contribution in [3.63, 3.8) is 0 Å². The highest BCUT2D eigenvalue weighted by molar-refractivity contribution is 5.78. The summed E-state index contributed by atoms with van der Waals surface area (Å²) >= 11 is 0. The van der Waals surface area contributed by atoms with Crippen molar-refractivity contribution >= 4 is 5.91 Å². The number of hydrogen-bond donors (Lipinski definition) is 2. The maximum Gasteiger partial charge on any atom is 0.258 e. The van der Waals surface area contributed by atoms with E-state index >= 15 is 0 Å². The van der Waals surface area contributed by atoms with Crippen LogP contribution >= 0.6 is 0 Å². The molecule has 0 aliphatic carbocycles. The van der Waals surface area contributed by atoms with Crippen molar-refractivity contribution in [2.75, 3.05) is 26.4 Å². The molecular formula is C16H23NO4. The van der Waals surface area contributed by atoms with Gasteiger partial charge in [-0.3, -0.25) is 4.79 Å². The molecule has 5 nitrogen and oxygen atoms in total. The molecule has 0 aromatic heterocycles. The monoisotopic (exact) mass is 293 g/mol. The van der Waals surface area contributed by atoms with Gasteiger partial charge in [-0.25, -0.2) is 0 Å². The lowest BCUT2D eigenvalue weighted by molar-refractivity contribution is -0.127. The Morgan fingerprint density at radius 1 is 1.33 bits per heavy atom. The summed E-state index contributed by atoms with van der Waals surface area (Å²) in [6.45, 7) is 3.08. The number of aryl methyl sites for hydroxylation is 1. The fraction of sp³-hybridized carbons (Fsp3) is 0.562. The highest BCUT2D eigenvalue weighted by Crippen LogP contribution is 2.20. The van der Waals surface area contributed by atoms with Gasteiger partial charge in [0.05, 0.1) is 12.1 Å². The second-order valence-electron chi connectivity index (χ2n) is 5.39. The van der Waals surface area contributed by atoms with Gasteiger partial charge < -0.3 is 19.9 Å². The molecule has 2 N–H and O–H groups in total. The Hall–Kier alpha value is -1.59. The Labute approximate surface area is 125 Å². The molecule has 1 aliphatic rings. The van der Waals surface area contributed by atoms with Gasteiger partial charge in [-0.05, 0) is 37.0 Å². The second-order valence-corrected chi connectivity index (χ2v) is 5.39. The molecule has 0 bridgehead atoms. The molecule has 21 heavy (non-hydrogen) atoms. The zero-order valence-electron chi connectivity index (χ0n) is 12.4. The number of carbonyl (C=O) groups is 1. The molecule has 0 saturated carbocycles. The fourth-order valence-corrected chi connectivity index (χ4v) is 2.39. The summed E-state index contributed by atoms with van der Waals surface area (Å²) in [7, 11) is 0. The van der Waals surface area contributed by atoms with Crippen LogP contribution in [-0.4, -0.2) is 43.0 Å². The van der Waals surface area contributed by atoms with Gasteiger partial charge in [-0.1, -0.05) is 19.1 Å². The van der Waals surface area contributed by atoms with E-state index in [1.165, 1.54) is 5.56 Å². The third kappa shape index (κ3) is 4.44. The molecule has 5 heteroatoms. The Bertz CT molecular complexity index is 452. The quantitative estimate of drug-likeness (QED) is 0.829. The summed E-state index contributed by atoms with van der Waals surface area (Å²) in [6, 6.07) is 7.70. The summed E-state index contributed by atoms with van der Waals surface area (Å²) in [6.07, 6.45) is 2.22. The van der Waals surface area contributed by atoms with Crippen LogP contribution in [0.5, 0.6) is 5.75 Å². The molecule has 1 saturated heterocycles. The fourth-order valence-electron chi connectivity index (χ4n) is 2.39. The number of ether oxygens (including phenoxy) is 2. The molecule has 0 unspecified atom stereocenters. The third-order valence-electron chi connectivity index (χ3n) is 3.86. The molecule has 2 rings (SSSR count). The van der Waals surface area contributed by atoms with Crippen LogP contribution in [0.3, 0.4) is 0 Å². The van der Waals surface area contributed by atoms with Crippen LogP contribution in [0.1, 0.15) is 25.3 Å². The van der Waals surface area contributed by atoms with Crippen molar-refractivity contribution in [2.45, 2.75) is 31.7 Å². The van der Waals surface area contributed by atoms with Crippen molar-refractivity contribution < 1.29 is 19.4 Å². The average Bonchev–Trinajstić information content (AvgIpc) is 2.54. The minimum Gasteiger partial charge on any atom is -0.484 e. The second kappa shape index (κ2) is 7.43. The van der Waals surface area contributed by atoms with Crippen molar-refractivity contribution in [2.24, 2.45) is 0 Å². The van der Waals surface area contributed by atoms with E-state index in [1.807, 2.05) is 24.3 Å². The molecule has 1 fully saturated rings. The number of carbonyl (C=O) groups excluding carboxylic acids is 1. The first kappa shape index (κ1) is 15.8. The predicted molar refractivity (Wildman–Crippen MR) is 79.3 cm³/mol. The van der Waals surface area contributed by atoms with Crippen LogP contribution in [-0.2, 0) is 16.0 Å². The van der Waals surface area contributed by atoms with E-state index in [9.17, 15) is 9.90 Å². The maximum absolute atomic E-state index is 12.0. The smallest absolute Gasteiger partial charge is 0.258 e. The topological polar surface area (TPSA) is 67.8 Å². The first-order chi connectivity index (χ1) is 10.2. The van der Waals surface area contributed by atoms with Crippen LogP contribution in [0, 0.1) is 0 Å². The molecule has 1 aromatic carbocycles. The molecule has 1 heterocycles. The summed E-state index contributed by atoms with van der Waals surface area (Å²) in [5.74, 6) is 0.456. The SMILES string of the molecule is CCc1ccc(OCC(=O)NC2(CO)CCOCC2)cc1. The zero-order valence-corrected chi connectivity index (χ0v) is 12.4. The van der Waals surface area contributed by atoms with Crippen LogP contribution in [0.2, 0.25) is 0 Å². The Morgan fingerprint density at radius 3 is 2.57 bits per heavy atom. The van der Waals surface area contributed by atoms with Crippen molar-refractivity contribution in [3.8, 4) is 5.75 Å². The van der Waals surface area contributed by atoms with Crippen LogP contribution < -0.4 is 10.1 Å². The van der Waals surface area contributed by atoms with E-state index < -0.39 is 5.54 Å². The highest BCUT2D eigenvalue weighted by atomic mass is 16.5. The Morgan fingerprint density at radius 2 is 2.00 bits per heavy atom. The minimum atomic E-state index is -0.565. The molecule has 116 valence electrons. The van der Waals surface area contributed by atoms with Gasteiger partial charge in [-0.15, -0.1) is 0 Å². The summed E-state index contributed by atoms with van der Waals surface area (Å²) < 4.78 is 10.7. The van der Waals surface area contributed by atoms with Crippen molar-refractivity contribution in [3.05, 3.63) is 29.8 Å². The summed E-state index contributed by atoms with van der Waals surface area (Å²) in [4.78, 5) is 12.0. The molecular weight excluding hydrogens is 270 g/mol. The van der Waals surface area contributed by atoms with Gasteiger partial charge in [0, 0.05) is 13.2 Å². The van der Waals surface area contributed by atoms with Crippen LogP contribution in [0.4, 0.5) is 0 Å². The number of nitrogens with one attached hydrogen (secondary N) is 1. The van der Waals surface area contributed by atoms with E-state index in [1.54, 1.807) is 0 Å². The normalized spacial score (nSPS) is 17.2. The summed E-state index contributed by atoms with van der Waals surface area (Å²) in [5, 5.41) is 12.4. The van der Waals surface area contributed by atoms with Gasteiger partial charge in [0.15, 0.2) is 6.61 Å². The molecule has 0 spiro atoms. The van der Waals surface area contributed by atoms with E-state index in [-0.39, 0.29) is 19.1 Å². The first-order valence-electron chi connectivity index (χ1n) is 7.39. The van der Waals surface area contributed by atoms with Gasteiger partial charge in [0.2, 0.25) is 0 Å². The van der Waals surface area contributed by atoms with Gasteiger partial charge >= 0.3 is 0 Å². The number of benzene rings is 1. The van der Waals surface area contributed by atoms with Crippen LogP contribution in [0.25, 0.3) is 0 Å². The number of aliphatic hydroxyl groups is 1. The molecule has 1 aliphatic heterocycles. The van der Waals surface area contributed by atoms with Gasteiger partial charge in [-0.2, -0.15) is 0 Å². The summed E-state index contributed by atoms with van der Waals surface area (Å²) in [5.41, 5.74) is 0.665. The Kier molecular flexibility index (Phi) is 5.59. The lowest BCUT2D eigenvalue weighted by Crippen LogP contribution is -2.55. The maximum atomic E-state index is 12.0. The first-order valence-corrected chi connectivity index (χ1v) is 7.39. The number of amides is 1. The average molecular weight is 293 g/mol. The van der Waals surface area contributed by atoms with E-state index in [2.05, 4.69) is 12.2 Å². The van der Waals surface area contributed by atoms with Gasteiger partial charge in [0.25, 0.3) is 5.91 Å². The molecule has 1 aromatic rings. The number of hydrogen-bond acceptors (Lipinski definition) is 4. The zero-order chi connectivity index (χ0) is 15.1. The van der Waals surface area contributed by atoms with E-state index in [0.717, 1.165) is 6.42 Å². The van der Waals surface area contributed by atoms with Gasteiger partial charge in [0.1, 0.15) is 5.75 Å². The molecule has 0 radical (unpaired) electrons.